The molecular formula is C16H26N2O2S. The predicted molar refractivity (Wildman–Crippen MR) is 85.6 cm³/mol. The van der Waals surface area contributed by atoms with E-state index in [4.69, 9.17) is 0 Å². The molecular weight excluding hydrogens is 284 g/mol. The summed E-state index contributed by atoms with van der Waals surface area (Å²) in [7, 11) is -3.39. The number of hydrogen-bond acceptors (Lipinski definition) is 3. The van der Waals surface area contributed by atoms with Crippen molar-refractivity contribution in [3.63, 3.8) is 0 Å². The van der Waals surface area contributed by atoms with Crippen LogP contribution in [0, 0.1) is 0 Å². The van der Waals surface area contributed by atoms with Gasteiger partial charge in [0.05, 0.1) is 4.90 Å². The lowest BCUT2D eigenvalue weighted by Crippen LogP contribution is -2.36. The predicted octanol–water partition coefficient (Wildman–Crippen LogP) is 2.75. The molecule has 4 nitrogen and oxygen atoms in total. The fraction of sp³-hybridized carbons (Fsp3) is 0.625. The van der Waals surface area contributed by atoms with E-state index in [-0.39, 0.29) is 6.04 Å². The maximum Gasteiger partial charge on any atom is 0.243 e. The Balaban J connectivity index is 2.31. The highest BCUT2D eigenvalue weighted by Gasteiger charge is 2.35. The van der Waals surface area contributed by atoms with Crippen LogP contribution in [0.25, 0.3) is 0 Å². The van der Waals surface area contributed by atoms with Crippen molar-refractivity contribution in [1.82, 2.24) is 9.62 Å². The fourth-order valence-corrected chi connectivity index (χ4v) is 4.87. The lowest BCUT2D eigenvalue weighted by atomic mass is 10.2. The second kappa shape index (κ2) is 6.90. The van der Waals surface area contributed by atoms with Crippen LogP contribution in [0.3, 0.4) is 0 Å². The van der Waals surface area contributed by atoms with Gasteiger partial charge in [-0.1, -0.05) is 39.0 Å². The van der Waals surface area contributed by atoms with E-state index < -0.39 is 10.0 Å². The first-order valence-electron chi connectivity index (χ1n) is 7.80. The minimum absolute atomic E-state index is 0.154. The highest BCUT2D eigenvalue weighted by atomic mass is 32.2. The minimum Gasteiger partial charge on any atom is -0.310 e. The van der Waals surface area contributed by atoms with Crippen LogP contribution >= 0.6 is 0 Å². The zero-order valence-electron chi connectivity index (χ0n) is 13.2. The van der Waals surface area contributed by atoms with Gasteiger partial charge in [-0.2, -0.15) is 4.31 Å². The van der Waals surface area contributed by atoms with Crippen molar-refractivity contribution in [3.05, 3.63) is 29.8 Å². The second-order valence-electron chi connectivity index (χ2n) is 5.96. The Hall–Kier alpha value is -0.910. The molecule has 1 heterocycles. The number of rotatable bonds is 6. The Morgan fingerprint density at radius 2 is 2.05 bits per heavy atom. The summed E-state index contributed by atoms with van der Waals surface area (Å²) >= 11 is 0. The van der Waals surface area contributed by atoms with Gasteiger partial charge in [-0.05, 0) is 30.9 Å². The van der Waals surface area contributed by atoms with Gasteiger partial charge in [-0.3, -0.25) is 0 Å². The topological polar surface area (TPSA) is 49.4 Å². The molecule has 1 N–H and O–H groups in total. The molecule has 1 fully saturated rings. The van der Waals surface area contributed by atoms with Crippen LogP contribution < -0.4 is 5.32 Å². The zero-order chi connectivity index (χ0) is 15.5. The van der Waals surface area contributed by atoms with E-state index in [9.17, 15) is 8.42 Å². The first-order chi connectivity index (χ1) is 9.96. The quantitative estimate of drug-likeness (QED) is 0.879. The third-order valence-electron chi connectivity index (χ3n) is 4.05. The summed E-state index contributed by atoms with van der Waals surface area (Å²) in [5.41, 5.74) is 0.855. The van der Waals surface area contributed by atoms with Crippen molar-refractivity contribution in [2.75, 3.05) is 6.54 Å². The van der Waals surface area contributed by atoms with Gasteiger partial charge in [-0.25, -0.2) is 8.42 Å². The second-order valence-corrected chi connectivity index (χ2v) is 7.82. The summed E-state index contributed by atoms with van der Waals surface area (Å²) in [6.07, 6.45) is 2.82. The van der Waals surface area contributed by atoms with Crippen molar-refractivity contribution in [2.45, 2.75) is 63.6 Å². The lowest BCUT2D eigenvalue weighted by Gasteiger charge is -2.24. The summed E-state index contributed by atoms with van der Waals surface area (Å²) < 4.78 is 27.6. The van der Waals surface area contributed by atoms with Crippen molar-refractivity contribution < 1.29 is 8.42 Å². The van der Waals surface area contributed by atoms with Crippen LogP contribution in [0.1, 0.15) is 45.6 Å². The Morgan fingerprint density at radius 3 is 2.71 bits per heavy atom. The molecule has 118 valence electrons. The molecule has 1 aliphatic rings. The summed E-state index contributed by atoms with van der Waals surface area (Å²) in [6, 6.07) is 7.83. The number of benzene rings is 1. The summed E-state index contributed by atoms with van der Waals surface area (Å²) in [6.45, 7) is 7.41. The van der Waals surface area contributed by atoms with Gasteiger partial charge in [0.2, 0.25) is 10.0 Å². The van der Waals surface area contributed by atoms with Gasteiger partial charge in [0.15, 0.2) is 0 Å². The molecule has 0 radical (unpaired) electrons. The van der Waals surface area contributed by atoms with E-state index in [1.165, 1.54) is 0 Å². The number of sulfonamides is 1. The van der Waals surface area contributed by atoms with Gasteiger partial charge >= 0.3 is 0 Å². The van der Waals surface area contributed by atoms with Gasteiger partial charge in [0, 0.05) is 25.2 Å². The Morgan fingerprint density at radius 1 is 1.33 bits per heavy atom. The van der Waals surface area contributed by atoms with E-state index in [0.717, 1.165) is 24.8 Å². The molecule has 1 aromatic rings. The lowest BCUT2D eigenvalue weighted by molar-refractivity contribution is 0.379. The highest BCUT2D eigenvalue weighted by Crippen LogP contribution is 2.29. The molecule has 5 heteroatoms. The van der Waals surface area contributed by atoms with Crippen molar-refractivity contribution in [3.8, 4) is 0 Å². The van der Waals surface area contributed by atoms with Crippen molar-refractivity contribution >= 4 is 10.0 Å². The molecule has 0 saturated carbocycles. The maximum absolute atomic E-state index is 13.0. The van der Waals surface area contributed by atoms with E-state index in [0.29, 0.717) is 24.0 Å². The van der Waals surface area contributed by atoms with E-state index in [2.05, 4.69) is 26.1 Å². The molecule has 1 unspecified atom stereocenters. The van der Waals surface area contributed by atoms with Gasteiger partial charge < -0.3 is 5.32 Å². The Bertz CT molecular complexity index is 569. The molecule has 0 bridgehead atoms. The summed E-state index contributed by atoms with van der Waals surface area (Å²) in [5.74, 6) is 0. The minimum atomic E-state index is -3.39. The molecule has 0 aromatic heterocycles. The summed E-state index contributed by atoms with van der Waals surface area (Å²) in [4.78, 5) is 0.457. The zero-order valence-corrected chi connectivity index (χ0v) is 14.0. The first kappa shape index (κ1) is 16.5. The van der Waals surface area contributed by atoms with Crippen molar-refractivity contribution in [1.29, 1.82) is 0 Å². The van der Waals surface area contributed by atoms with Gasteiger partial charge in [0.25, 0.3) is 0 Å². The van der Waals surface area contributed by atoms with Crippen LogP contribution in [-0.4, -0.2) is 31.4 Å². The van der Waals surface area contributed by atoms with Crippen LogP contribution in [0.5, 0.6) is 0 Å². The average Bonchev–Trinajstić information content (AvgIpc) is 2.94. The van der Waals surface area contributed by atoms with Crippen LogP contribution in [-0.2, 0) is 16.6 Å². The third kappa shape index (κ3) is 3.65. The van der Waals surface area contributed by atoms with Crippen LogP contribution in [0.4, 0.5) is 0 Å². The molecule has 1 saturated heterocycles. The molecule has 1 aliphatic heterocycles. The Labute approximate surface area is 128 Å². The molecule has 1 atom stereocenters. The number of hydrogen-bond donors (Lipinski definition) is 1. The van der Waals surface area contributed by atoms with Gasteiger partial charge in [0.1, 0.15) is 0 Å². The number of nitrogens with one attached hydrogen (secondary N) is 1. The smallest absolute Gasteiger partial charge is 0.243 e. The molecule has 0 amide bonds. The molecule has 21 heavy (non-hydrogen) atoms. The molecule has 0 aliphatic carbocycles. The van der Waals surface area contributed by atoms with Crippen molar-refractivity contribution in [2.24, 2.45) is 0 Å². The first-order valence-corrected chi connectivity index (χ1v) is 9.24. The monoisotopic (exact) mass is 310 g/mol. The number of nitrogens with zero attached hydrogens (tertiary/aromatic N) is 1. The van der Waals surface area contributed by atoms with Crippen LogP contribution in [0.15, 0.2) is 29.2 Å². The highest BCUT2D eigenvalue weighted by molar-refractivity contribution is 7.89. The third-order valence-corrected chi connectivity index (χ3v) is 6.11. The normalized spacial score (nSPS) is 20.3. The van der Waals surface area contributed by atoms with Crippen LogP contribution in [0.2, 0.25) is 0 Å². The molecule has 1 aromatic carbocycles. The Kier molecular flexibility index (Phi) is 5.41. The maximum atomic E-state index is 13.0. The van der Waals surface area contributed by atoms with E-state index in [1.54, 1.807) is 10.4 Å². The van der Waals surface area contributed by atoms with E-state index >= 15 is 0 Å². The summed E-state index contributed by atoms with van der Waals surface area (Å²) in [5, 5.41) is 3.31. The largest absolute Gasteiger partial charge is 0.310 e. The van der Waals surface area contributed by atoms with Gasteiger partial charge in [-0.15, -0.1) is 0 Å². The average molecular weight is 310 g/mol. The van der Waals surface area contributed by atoms with E-state index in [1.807, 2.05) is 18.2 Å². The molecule has 2 rings (SSSR count). The molecule has 0 spiro atoms. The standard InChI is InChI=1S/C16H26N2O2S/c1-4-15-9-7-11-18(15)21(19,20)16-10-6-5-8-14(16)12-17-13(2)3/h5-6,8,10,13,15,17H,4,7,9,11-12H2,1-3H3. The SMILES string of the molecule is CCC1CCCN1S(=O)(=O)c1ccccc1CNC(C)C. The fourth-order valence-electron chi connectivity index (χ4n) is 2.88.